The van der Waals surface area contributed by atoms with Gasteiger partial charge in [-0.2, -0.15) is 5.26 Å². The number of carbonyl (C=O) groups is 2. The number of nitrogens with zero attached hydrogens (tertiary/aromatic N) is 2. The molecule has 0 bridgehead atoms. The highest BCUT2D eigenvalue weighted by Crippen LogP contribution is 2.42. The maximum Gasteiger partial charge on any atom is 0.269 e. The summed E-state index contributed by atoms with van der Waals surface area (Å²) in [6.45, 7) is 1.87. The fourth-order valence-corrected chi connectivity index (χ4v) is 5.21. The average molecular weight is 508 g/mol. The molecular weight excluding hydrogens is 489 g/mol. The molecular formula is C26H19Cl2N3O2S. The number of aryl methyl sites for hydroxylation is 1. The number of nitrogens with one attached hydrogen (secondary N) is 1. The van der Waals surface area contributed by atoms with E-state index >= 15 is 0 Å². The Hall–Kier alpha value is -3.24. The summed E-state index contributed by atoms with van der Waals surface area (Å²) in [6.07, 6.45) is 0.366. The van der Waals surface area contributed by atoms with Gasteiger partial charge in [-0.1, -0.05) is 77.4 Å². The van der Waals surface area contributed by atoms with Crippen molar-refractivity contribution < 1.29 is 9.59 Å². The molecule has 1 aliphatic rings. The number of anilines is 2. The zero-order valence-corrected chi connectivity index (χ0v) is 20.4. The van der Waals surface area contributed by atoms with E-state index in [0.29, 0.717) is 32.9 Å². The second-order valence-electron chi connectivity index (χ2n) is 7.63. The molecule has 170 valence electrons. The molecule has 1 N–H and O–H groups in total. The van der Waals surface area contributed by atoms with Crippen LogP contribution in [0.1, 0.15) is 11.1 Å². The Bertz CT molecular complexity index is 1340. The number of carbonyl (C=O) groups excluding carboxylic acids is 2. The largest absolute Gasteiger partial charge is 0.321 e. The lowest BCUT2D eigenvalue weighted by atomic mass is 10.1. The molecule has 0 saturated carbocycles. The lowest BCUT2D eigenvalue weighted by Gasteiger charge is -2.18. The van der Waals surface area contributed by atoms with E-state index in [1.807, 2.05) is 37.3 Å². The summed E-state index contributed by atoms with van der Waals surface area (Å²) in [5.41, 5.74) is 2.77. The van der Waals surface area contributed by atoms with Crippen LogP contribution in [0.15, 0.2) is 83.4 Å². The number of hydrogen-bond donors (Lipinski definition) is 1. The maximum absolute atomic E-state index is 13.5. The highest BCUT2D eigenvalue weighted by Gasteiger charge is 2.40. The third kappa shape index (κ3) is 4.97. The first-order valence-corrected chi connectivity index (χ1v) is 12.0. The van der Waals surface area contributed by atoms with Crippen molar-refractivity contribution >= 4 is 58.2 Å². The van der Waals surface area contributed by atoms with Gasteiger partial charge in [-0.3, -0.25) is 14.5 Å². The van der Waals surface area contributed by atoms with Crippen LogP contribution in [0, 0.1) is 18.3 Å². The number of rotatable bonds is 5. The molecule has 1 heterocycles. The van der Waals surface area contributed by atoms with Gasteiger partial charge in [0.25, 0.3) is 5.91 Å². The van der Waals surface area contributed by atoms with Crippen LogP contribution in [0.2, 0.25) is 10.0 Å². The Kier molecular flexibility index (Phi) is 7.28. The van der Waals surface area contributed by atoms with E-state index in [1.54, 1.807) is 48.5 Å². The lowest BCUT2D eigenvalue weighted by molar-refractivity contribution is -0.117. The van der Waals surface area contributed by atoms with Gasteiger partial charge in [0.05, 0.1) is 15.3 Å². The Morgan fingerprint density at radius 2 is 1.76 bits per heavy atom. The smallest absolute Gasteiger partial charge is 0.269 e. The molecule has 2 amide bonds. The van der Waals surface area contributed by atoms with Gasteiger partial charge in [0, 0.05) is 11.4 Å². The minimum Gasteiger partial charge on any atom is -0.321 e. The van der Waals surface area contributed by atoms with Crippen LogP contribution in [-0.2, 0) is 16.0 Å². The van der Waals surface area contributed by atoms with Crippen LogP contribution in [-0.4, -0.2) is 17.1 Å². The van der Waals surface area contributed by atoms with Crippen LogP contribution in [0.5, 0.6) is 0 Å². The van der Waals surface area contributed by atoms with Gasteiger partial charge in [-0.15, -0.1) is 0 Å². The summed E-state index contributed by atoms with van der Waals surface area (Å²) in [6, 6.07) is 23.5. The average Bonchev–Trinajstić information content (AvgIpc) is 3.14. The number of halogens is 2. The molecule has 1 saturated heterocycles. The molecule has 3 aromatic carbocycles. The summed E-state index contributed by atoms with van der Waals surface area (Å²) in [5, 5.41) is 13.3. The molecule has 0 radical (unpaired) electrons. The molecule has 1 aliphatic heterocycles. The van der Waals surface area contributed by atoms with Gasteiger partial charge in [-0.05, 0) is 54.8 Å². The number of para-hydroxylation sites is 2. The molecule has 1 fully saturated rings. The van der Waals surface area contributed by atoms with Gasteiger partial charge in [0.15, 0.2) is 0 Å². The van der Waals surface area contributed by atoms with E-state index in [9.17, 15) is 14.9 Å². The van der Waals surface area contributed by atoms with Crippen LogP contribution >= 0.6 is 35.0 Å². The Morgan fingerprint density at radius 3 is 2.44 bits per heavy atom. The van der Waals surface area contributed by atoms with Gasteiger partial charge in [0.1, 0.15) is 16.7 Å². The van der Waals surface area contributed by atoms with Crippen molar-refractivity contribution in [1.29, 1.82) is 5.26 Å². The molecule has 34 heavy (non-hydrogen) atoms. The summed E-state index contributed by atoms with van der Waals surface area (Å²) in [5.74, 6) is -0.781. The third-order valence-electron chi connectivity index (χ3n) is 5.32. The van der Waals surface area contributed by atoms with Gasteiger partial charge < -0.3 is 5.32 Å². The van der Waals surface area contributed by atoms with Gasteiger partial charge in [0.2, 0.25) is 5.91 Å². The molecule has 0 aromatic heterocycles. The summed E-state index contributed by atoms with van der Waals surface area (Å²) in [7, 11) is 0. The first kappa shape index (κ1) is 23.9. The fourth-order valence-electron chi connectivity index (χ4n) is 3.58. The van der Waals surface area contributed by atoms with Crippen molar-refractivity contribution in [3.05, 3.63) is 105 Å². The van der Waals surface area contributed by atoms with E-state index in [4.69, 9.17) is 23.2 Å². The van der Waals surface area contributed by atoms with E-state index in [0.717, 1.165) is 11.1 Å². The zero-order chi connectivity index (χ0) is 24.2. The normalized spacial score (nSPS) is 16.8. The van der Waals surface area contributed by atoms with E-state index in [2.05, 4.69) is 5.32 Å². The molecule has 0 aliphatic carbocycles. The van der Waals surface area contributed by atoms with Crippen LogP contribution < -0.4 is 10.2 Å². The minimum absolute atomic E-state index is 0.123. The highest BCUT2D eigenvalue weighted by molar-refractivity contribution is 8.05. The number of hydrogen-bond acceptors (Lipinski definition) is 4. The fraction of sp³-hybridized carbons (Fsp3) is 0.115. The number of benzene rings is 3. The maximum atomic E-state index is 13.5. The van der Waals surface area contributed by atoms with Crippen molar-refractivity contribution in [3.8, 4) is 6.07 Å². The van der Waals surface area contributed by atoms with Crippen LogP contribution in [0.4, 0.5) is 11.4 Å². The molecule has 1 atom stereocenters. The summed E-state index contributed by atoms with van der Waals surface area (Å²) < 4.78 is 0. The van der Waals surface area contributed by atoms with E-state index in [1.165, 1.54) is 16.7 Å². The Labute approximate surface area is 212 Å². The van der Waals surface area contributed by atoms with Crippen molar-refractivity contribution in [2.75, 3.05) is 10.2 Å². The Morgan fingerprint density at radius 1 is 1.06 bits per heavy atom. The zero-order valence-electron chi connectivity index (χ0n) is 18.1. The van der Waals surface area contributed by atoms with Crippen molar-refractivity contribution in [2.24, 2.45) is 0 Å². The molecule has 0 unspecified atom stereocenters. The quantitative estimate of drug-likeness (QED) is 0.321. The van der Waals surface area contributed by atoms with Crippen LogP contribution in [0.3, 0.4) is 0 Å². The molecule has 0 spiro atoms. The van der Waals surface area contributed by atoms with Gasteiger partial charge >= 0.3 is 0 Å². The lowest BCUT2D eigenvalue weighted by Crippen LogP contribution is -2.30. The van der Waals surface area contributed by atoms with Crippen molar-refractivity contribution in [2.45, 2.75) is 18.6 Å². The SMILES string of the molecule is Cc1ccccc1NC(=O)/C(C#N)=C1\S[C@@H](Cc2ccc(Cl)c(Cl)c2)C(=O)N1c1ccccc1. The van der Waals surface area contributed by atoms with Crippen molar-refractivity contribution in [1.82, 2.24) is 0 Å². The van der Waals surface area contributed by atoms with Crippen LogP contribution in [0.25, 0.3) is 0 Å². The summed E-state index contributed by atoms with van der Waals surface area (Å²) in [4.78, 5) is 28.1. The molecule has 5 nitrogen and oxygen atoms in total. The standard InChI is InChI=1S/C26H19Cl2N3O2S/c1-16-7-5-6-10-22(16)30-24(32)19(15-29)26-31(18-8-3-2-4-9-18)25(33)23(34-26)14-17-11-12-20(27)21(28)13-17/h2-13,23H,14H2,1H3,(H,30,32)/b26-19-/t23-/m0/s1. The predicted octanol–water partition coefficient (Wildman–Crippen LogP) is 6.37. The first-order valence-electron chi connectivity index (χ1n) is 10.4. The monoisotopic (exact) mass is 507 g/mol. The number of amides is 2. The second-order valence-corrected chi connectivity index (χ2v) is 9.64. The summed E-state index contributed by atoms with van der Waals surface area (Å²) >= 11 is 13.4. The van der Waals surface area contributed by atoms with E-state index in [-0.39, 0.29) is 11.5 Å². The first-order chi connectivity index (χ1) is 16.4. The topological polar surface area (TPSA) is 73.2 Å². The Balaban J connectivity index is 1.72. The molecule has 8 heteroatoms. The van der Waals surface area contributed by atoms with E-state index < -0.39 is 11.2 Å². The number of thioether (sulfide) groups is 1. The van der Waals surface area contributed by atoms with Gasteiger partial charge in [-0.25, -0.2) is 0 Å². The minimum atomic E-state index is -0.566. The van der Waals surface area contributed by atoms with Crippen molar-refractivity contribution in [3.63, 3.8) is 0 Å². The third-order valence-corrected chi connectivity index (χ3v) is 7.32. The second kappa shape index (κ2) is 10.4. The predicted molar refractivity (Wildman–Crippen MR) is 138 cm³/mol. The molecule has 4 rings (SSSR count). The number of nitriles is 1. The molecule has 3 aromatic rings. The highest BCUT2D eigenvalue weighted by atomic mass is 35.5.